The molecule has 0 N–H and O–H groups in total. The summed E-state index contributed by atoms with van der Waals surface area (Å²) in [6, 6.07) is 9.90. The highest BCUT2D eigenvalue weighted by atomic mass is 16.7. The normalized spacial score (nSPS) is 24.5. The van der Waals surface area contributed by atoms with Crippen LogP contribution in [0.2, 0.25) is 0 Å². The van der Waals surface area contributed by atoms with Crippen molar-refractivity contribution in [3.05, 3.63) is 35.9 Å². The SMILES string of the molecule is CC(C)C[C@H]1ON(CCCc2ccccc2)C2CN(C3CCN(C(=O)OC(C)(C)C)CC3)C(=O)[C@H](CC(C)C)N2C1=O. The molecule has 4 rings (SSSR count). The summed E-state index contributed by atoms with van der Waals surface area (Å²) in [6.45, 7) is 16.2. The molecule has 0 spiro atoms. The fourth-order valence-corrected chi connectivity index (χ4v) is 6.38. The Morgan fingerprint density at radius 1 is 0.976 bits per heavy atom. The average Bonchev–Trinajstić information content (AvgIpc) is 2.91. The van der Waals surface area contributed by atoms with Crippen molar-refractivity contribution in [3.63, 3.8) is 0 Å². The second kappa shape index (κ2) is 13.8. The molecule has 1 unspecified atom stereocenters. The number of amides is 3. The lowest BCUT2D eigenvalue weighted by atomic mass is 9.93. The molecule has 0 saturated carbocycles. The van der Waals surface area contributed by atoms with E-state index in [9.17, 15) is 14.4 Å². The van der Waals surface area contributed by atoms with Crippen LogP contribution in [0, 0.1) is 11.8 Å². The maximum absolute atomic E-state index is 14.2. The van der Waals surface area contributed by atoms with Gasteiger partial charge in [0.2, 0.25) is 5.91 Å². The first-order chi connectivity index (χ1) is 19.8. The number of fused-ring (bicyclic) bond motifs is 1. The van der Waals surface area contributed by atoms with Gasteiger partial charge in [-0.2, -0.15) is 5.06 Å². The van der Waals surface area contributed by atoms with Gasteiger partial charge in [-0.3, -0.25) is 14.4 Å². The monoisotopic (exact) mass is 584 g/mol. The van der Waals surface area contributed by atoms with Crippen LogP contribution in [-0.2, 0) is 25.6 Å². The Bertz CT molecular complexity index is 1060. The molecule has 0 radical (unpaired) electrons. The molecule has 9 nitrogen and oxygen atoms in total. The molecule has 9 heteroatoms. The number of hydroxylamine groups is 2. The predicted molar refractivity (Wildman–Crippen MR) is 162 cm³/mol. The first kappa shape index (κ1) is 32.3. The Balaban J connectivity index is 1.54. The minimum absolute atomic E-state index is 0.00246. The van der Waals surface area contributed by atoms with Crippen LogP contribution in [0.1, 0.15) is 86.1 Å². The van der Waals surface area contributed by atoms with E-state index in [4.69, 9.17) is 9.57 Å². The molecular formula is C33H52N4O5. The van der Waals surface area contributed by atoms with Crippen LogP contribution in [0.3, 0.4) is 0 Å². The summed E-state index contributed by atoms with van der Waals surface area (Å²) in [7, 11) is 0. The number of hydrogen-bond acceptors (Lipinski definition) is 6. The number of ether oxygens (including phenoxy) is 1. The number of carbonyl (C=O) groups is 3. The van der Waals surface area contributed by atoms with E-state index < -0.39 is 17.7 Å². The molecule has 3 atom stereocenters. The molecule has 3 fully saturated rings. The van der Waals surface area contributed by atoms with E-state index in [1.54, 1.807) is 4.90 Å². The third kappa shape index (κ3) is 8.04. The summed E-state index contributed by atoms with van der Waals surface area (Å²) in [5.74, 6) is 0.501. The highest BCUT2D eigenvalue weighted by Crippen LogP contribution is 2.34. The number of benzene rings is 1. The van der Waals surface area contributed by atoms with Gasteiger partial charge in [-0.1, -0.05) is 58.0 Å². The van der Waals surface area contributed by atoms with Gasteiger partial charge in [-0.25, -0.2) is 4.79 Å². The minimum atomic E-state index is -0.580. The van der Waals surface area contributed by atoms with Crippen LogP contribution in [0.4, 0.5) is 4.79 Å². The van der Waals surface area contributed by atoms with Gasteiger partial charge in [-0.05, 0) is 76.7 Å². The third-order valence-corrected chi connectivity index (χ3v) is 8.33. The van der Waals surface area contributed by atoms with Crippen LogP contribution in [0.25, 0.3) is 0 Å². The quantitative estimate of drug-likeness (QED) is 0.402. The molecule has 1 aromatic carbocycles. The van der Waals surface area contributed by atoms with Crippen molar-refractivity contribution in [2.75, 3.05) is 26.2 Å². The average molecular weight is 585 g/mol. The summed E-state index contributed by atoms with van der Waals surface area (Å²) < 4.78 is 5.58. The van der Waals surface area contributed by atoms with Crippen molar-refractivity contribution in [1.29, 1.82) is 0 Å². The standard InChI is InChI=1S/C33H52N4O5/c1-23(2)20-27-30(38)35(26-15-18-34(19-16-26)32(40)41-33(5,6)7)22-29-36(17-11-14-25-12-9-8-10-13-25)42-28(21-24(3)4)31(39)37(27)29/h8-10,12-13,23-24,26-29H,11,14-22H2,1-7H3/t27-,28+,29?/m0/s1. The molecular weight excluding hydrogens is 532 g/mol. The Kier molecular flexibility index (Phi) is 10.6. The summed E-state index contributed by atoms with van der Waals surface area (Å²) in [5, 5.41) is 2.00. The second-order valence-electron chi connectivity index (χ2n) is 14.0. The molecule has 234 valence electrons. The van der Waals surface area contributed by atoms with E-state index in [-0.39, 0.29) is 42.0 Å². The number of piperazine rings is 1. The van der Waals surface area contributed by atoms with E-state index in [0.29, 0.717) is 51.9 Å². The fourth-order valence-electron chi connectivity index (χ4n) is 6.38. The smallest absolute Gasteiger partial charge is 0.410 e. The van der Waals surface area contributed by atoms with E-state index >= 15 is 0 Å². The molecule has 42 heavy (non-hydrogen) atoms. The highest BCUT2D eigenvalue weighted by molar-refractivity contribution is 5.91. The largest absolute Gasteiger partial charge is 0.444 e. The zero-order valence-corrected chi connectivity index (χ0v) is 26.8. The number of carbonyl (C=O) groups excluding carboxylic acids is 3. The van der Waals surface area contributed by atoms with E-state index in [2.05, 4.69) is 52.0 Å². The number of aryl methyl sites for hydroxylation is 1. The third-order valence-electron chi connectivity index (χ3n) is 8.33. The number of hydrogen-bond donors (Lipinski definition) is 0. The maximum atomic E-state index is 14.2. The van der Waals surface area contributed by atoms with E-state index in [0.717, 1.165) is 12.8 Å². The zero-order valence-electron chi connectivity index (χ0n) is 26.8. The van der Waals surface area contributed by atoms with Crippen molar-refractivity contribution in [3.8, 4) is 0 Å². The maximum Gasteiger partial charge on any atom is 0.410 e. The molecule has 3 heterocycles. The zero-order chi connectivity index (χ0) is 30.6. The minimum Gasteiger partial charge on any atom is -0.444 e. The van der Waals surface area contributed by atoms with E-state index in [1.807, 2.05) is 41.7 Å². The molecule has 3 aliphatic rings. The van der Waals surface area contributed by atoms with Crippen molar-refractivity contribution in [1.82, 2.24) is 19.8 Å². The van der Waals surface area contributed by atoms with Gasteiger partial charge >= 0.3 is 6.09 Å². The Labute approximate surface area is 252 Å². The summed E-state index contributed by atoms with van der Waals surface area (Å²) >= 11 is 0. The van der Waals surface area contributed by atoms with Crippen molar-refractivity contribution >= 4 is 17.9 Å². The number of nitrogens with zero attached hydrogens (tertiary/aromatic N) is 4. The molecule has 1 aromatic rings. The Hall–Kier alpha value is -2.65. The molecule has 3 aliphatic heterocycles. The van der Waals surface area contributed by atoms with Crippen LogP contribution in [0.5, 0.6) is 0 Å². The number of rotatable bonds is 9. The topological polar surface area (TPSA) is 82.6 Å². The van der Waals surface area contributed by atoms with Crippen molar-refractivity contribution in [2.24, 2.45) is 11.8 Å². The van der Waals surface area contributed by atoms with Crippen LogP contribution < -0.4 is 0 Å². The Morgan fingerprint density at radius 3 is 2.21 bits per heavy atom. The summed E-state index contributed by atoms with van der Waals surface area (Å²) in [6.07, 6.45) is 3.18. The van der Waals surface area contributed by atoms with Gasteiger partial charge in [-0.15, -0.1) is 0 Å². The molecule has 0 aromatic heterocycles. The predicted octanol–water partition coefficient (Wildman–Crippen LogP) is 5.09. The van der Waals surface area contributed by atoms with Crippen molar-refractivity contribution < 1.29 is 24.0 Å². The summed E-state index contributed by atoms with van der Waals surface area (Å²) in [5.41, 5.74) is 0.728. The molecule has 3 amide bonds. The van der Waals surface area contributed by atoms with Crippen LogP contribution in [0.15, 0.2) is 30.3 Å². The first-order valence-electron chi connectivity index (χ1n) is 15.9. The molecule has 3 saturated heterocycles. The number of piperidine rings is 1. The van der Waals surface area contributed by atoms with Gasteiger partial charge in [0.25, 0.3) is 5.91 Å². The Morgan fingerprint density at radius 2 is 1.62 bits per heavy atom. The second-order valence-corrected chi connectivity index (χ2v) is 14.0. The lowest BCUT2D eigenvalue weighted by Crippen LogP contribution is -2.74. The van der Waals surface area contributed by atoms with Gasteiger partial charge < -0.3 is 19.4 Å². The van der Waals surface area contributed by atoms with Crippen LogP contribution >= 0.6 is 0 Å². The lowest BCUT2D eigenvalue weighted by molar-refractivity contribution is -0.290. The van der Waals surface area contributed by atoms with Gasteiger partial charge in [0, 0.05) is 25.7 Å². The van der Waals surface area contributed by atoms with Gasteiger partial charge in [0.05, 0.1) is 6.54 Å². The van der Waals surface area contributed by atoms with Crippen molar-refractivity contribution in [2.45, 2.75) is 117 Å². The van der Waals surface area contributed by atoms with Gasteiger partial charge in [0.1, 0.15) is 17.8 Å². The van der Waals surface area contributed by atoms with Crippen LogP contribution in [-0.4, -0.2) is 93.8 Å². The molecule has 0 bridgehead atoms. The fraction of sp³-hybridized carbons (Fsp3) is 0.727. The highest BCUT2D eigenvalue weighted by Gasteiger charge is 2.52. The lowest BCUT2D eigenvalue weighted by Gasteiger charge is -2.55. The summed E-state index contributed by atoms with van der Waals surface area (Å²) in [4.78, 5) is 52.8. The first-order valence-corrected chi connectivity index (χ1v) is 15.9. The van der Waals surface area contributed by atoms with Gasteiger partial charge in [0.15, 0.2) is 6.10 Å². The van der Waals surface area contributed by atoms with E-state index in [1.165, 1.54) is 5.56 Å². The molecule has 0 aliphatic carbocycles. The number of likely N-dealkylation sites (tertiary alicyclic amines) is 1.